The summed E-state index contributed by atoms with van der Waals surface area (Å²) < 4.78 is 10.7. The lowest BCUT2D eigenvalue weighted by atomic mass is 10.1. The second kappa shape index (κ2) is 18.2. The number of Topliss-reactive ketones (excluding diaryl/α,β-unsaturated/α-hetero) is 1. The third kappa shape index (κ3) is 15.2. The fourth-order valence-corrected chi connectivity index (χ4v) is 3.25. The van der Waals surface area contributed by atoms with Crippen molar-refractivity contribution >= 4 is 17.6 Å². The number of likely N-dealkylation sites (N-methyl/N-ethyl adjacent to an activating group) is 1. The number of carbonyl (C=O) groups is 3. The van der Waals surface area contributed by atoms with Gasteiger partial charge in [-0.05, 0) is 58.6 Å². The molecule has 0 aliphatic carbocycles. The van der Waals surface area contributed by atoms with Crippen molar-refractivity contribution in [2.24, 2.45) is 0 Å². The van der Waals surface area contributed by atoms with Gasteiger partial charge in [0.25, 0.3) is 0 Å². The van der Waals surface area contributed by atoms with Crippen LogP contribution in [0.5, 0.6) is 0 Å². The van der Waals surface area contributed by atoms with Gasteiger partial charge in [-0.2, -0.15) is 0 Å². The van der Waals surface area contributed by atoms with Crippen LogP contribution >= 0.6 is 0 Å². The molecule has 0 saturated heterocycles. The number of ketones is 1. The van der Waals surface area contributed by atoms with Gasteiger partial charge in [0.2, 0.25) is 11.8 Å². The zero-order chi connectivity index (χ0) is 24.3. The number of hydrogen-bond acceptors (Lipinski definition) is 6. The molecule has 0 fully saturated rings. The Morgan fingerprint density at radius 1 is 0.879 bits per heavy atom. The first kappa shape index (κ1) is 28.7. The number of amides is 2. The number of unbranched alkanes of at least 4 members (excludes halogenated alkanes) is 1. The van der Waals surface area contributed by atoms with Crippen LogP contribution in [0.25, 0.3) is 0 Å². The van der Waals surface area contributed by atoms with Crippen molar-refractivity contribution in [3.63, 3.8) is 0 Å². The van der Waals surface area contributed by atoms with Gasteiger partial charge < -0.3 is 25.4 Å². The summed E-state index contributed by atoms with van der Waals surface area (Å²) in [5, 5.41) is 8.63. The summed E-state index contributed by atoms with van der Waals surface area (Å²) in [6, 6.07) is 8.27. The summed E-state index contributed by atoms with van der Waals surface area (Å²) in [4.78, 5) is 34.9. The zero-order valence-corrected chi connectivity index (χ0v) is 20.4. The molecule has 0 spiro atoms. The lowest BCUT2D eigenvalue weighted by Gasteiger charge is -2.12. The molecule has 0 aliphatic heterocycles. The Kier molecular flexibility index (Phi) is 15.8. The van der Waals surface area contributed by atoms with E-state index in [2.05, 4.69) is 47.1 Å². The first-order chi connectivity index (χ1) is 15.9. The maximum Gasteiger partial charge on any atom is 0.245 e. The van der Waals surface area contributed by atoms with Gasteiger partial charge in [0.15, 0.2) is 0 Å². The summed E-state index contributed by atoms with van der Waals surface area (Å²) >= 11 is 0. The molecule has 186 valence electrons. The van der Waals surface area contributed by atoms with E-state index in [1.165, 1.54) is 11.1 Å². The highest BCUT2D eigenvalue weighted by Gasteiger charge is 2.10. The SMILES string of the molecule is CN[C@@H](CCCCNC(=O)COCCOCCNC(=O)CCCc1ccc(C)cc1)C(C)=O. The molecule has 8 heteroatoms. The second-order valence-electron chi connectivity index (χ2n) is 8.15. The van der Waals surface area contributed by atoms with Gasteiger partial charge in [-0.15, -0.1) is 0 Å². The Morgan fingerprint density at radius 3 is 2.27 bits per heavy atom. The zero-order valence-electron chi connectivity index (χ0n) is 20.4. The van der Waals surface area contributed by atoms with E-state index >= 15 is 0 Å². The van der Waals surface area contributed by atoms with Crippen molar-refractivity contribution in [1.82, 2.24) is 16.0 Å². The monoisotopic (exact) mass is 463 g/mol. The van der Waals surface area contributed by atoms with Crippen LogP contribution in [0.1, 0.15) is 50.2 Å². The van der Waals surface area contributed by atoms with Gasteiger partial charge in [-0.25, -0.2) is 0 Å². The van der Waals surface area contributed by atoms with E-state index < -0.39 is 0 Å². The van der Waals surface area contributed by atoms with Crippen molar-refractivity contribution in [2.45, 2.75) is 58.4 Å². The van der Waals surface area contributed by atoms with E-state index in [-0.39, 0.29) is 30.2 Å². The van der Waals surface area contributed by atoms with Gasteiger partial charge in [0.1, 0.15) is 12.4 Å². The molecule has 0 unspecified atom stereocenters. The molecule has 0 radical (unpaired) electrons. The summed E-state index contributed by atoms with van der Waals surface area (Å²) in [6.45, 7) is 5.76. The Bertz CT molecular complexity index is 694. The van der Waals surface area contributed by atoms with E-state index in [1.54, 1.807) is 14.0 Å². The number of nitrogens with one attached hydrogen (secondary N) is 3. The normalized spacial score (nSPS) is 11.7. The Balaban J connectivity index is 1.88. The molecular weight excluding hydrogens is 422 g/mol. The fraction of sp³-hybridized carbons (Fsp3) is 0.640. The minimum absolute atomic E-state index is 0.00628. The molecule has 0 heterocycles. The molecule has 0 aromatic heterocycles. The topological polar surface area (TPSA) is 106 Å². The minimum atomic E-state index is -0.162. The molecule has 0 saturated carbocycles. The third-order valence-electron chi connectivity index (χ3n) is 5.24. The highest BCUT2D eigenvalue weighted by atomic mass is 16.5. The number of aryl methyl sites for hydroxylation is 2. The fourth-order valence-electron chi connectivity index (χ4n) is 3.25. The van der Waals surface area contributed by atoms with Crippen molar-refractivity contribution in [3.05, 3.63) is 35.4 Å². The third-order valence-corrected chi connectivity index (χ3v) is 5.24. The number of carbonyl (C=O) groups excluding carboxylic acids is 3. The first-order valence-corrected chi connectivity index (χ1v) is 11.8. The molecule has 1 aromatic carbocycles. The van der Waals surface area contributed by atoms with Crippen LogP contribution in [-0.2, 0) is 30.3 Å². The standard InChI is InChI=1S/C25H41N3O5/c1-20-10-12-22(13-11-20)7-6-9-24(30)28-15-16-32-17-18-33-19-25(31)27-14-5-4-8-23(26-3)21(2)29/h10-13,23,26H,4-9,14-19H2,1-3H3,(H,27,31)(H,28,30)/t23-/m0/s1. The molecule has 1 atom stereocenters. The average molecular weight is 464 g/mol. The van der Waals surface area contributed by atoms with Crippen LogP contribution in [0.2, 0.25) is 0 Å². The molecule has 8 nitrogen and oxygen atoms in total. The van der Waals surface area contributed by atoms with E-state index in [0.717, 1.165) is 32.1 Å². The van der Waals surface area contributed by atoms with Gasteiger partial charge in [0.05, 0.1) is 25.9 Å². The van der Waals surface area contributed by atoms with E-state index in [4.69, 9.17) is 9.47 Å². The Labute approximate surface area is 198 Å². The number of rotatable bonds is 19. The van der Waals surface area contributed by atoms with Gasteiger partial charge >= 0.3 is 0 Å². The summed E-state index contributed by atoms with van der Waals surface area (Å²) in [5.74, 6) is -0.000501. The van der Waals surface area contributed by atoms with E-state index in [1.807, 2.05) is 0 Å². The lowest BCUT2D eigenvalue weighted by molar-refractivity contribution is -0.126. The minimum Gasteiger partial charge on any atom is -0.377 e. The summed E-state index contributed by atoms with van der Waals surface area (Å²) in [7, 11) is 1.78. The van der Waals surface area contributed by atoms with Crippen molar-refractivity contribution < 1.29 is 23.9 Å². The van der Waals surface area contributed by atoms with Crippen LogP contribution in [-0.4, -0.2) is 70.2 Å². The maximum absolute atomic E-state index is 11.8. The quantitative estimate of drug-likeness (QED) is 0.271. The number of hydrogen-bond donors (Lipinski definition) is 3. The highest BCUT2D eigenvalue weighted by molar-refractivity contribution is 5.81. The van der Waals surface area contributed by atoms with Crippen LogP contribution in [0.15, 0.2) is 24.3 Å². The first-order valence-electron chi connectivity index (χ1n) is 11.8. The highest BCUT2D eigenvalue weighted by Crippen LogP contribution is 2.07. The molecule has 3 N–H and O–H groups in total. The van der Waals surface area contributed by atoms with Crippen LogP contribution in [0.3, 0.4) is 0 Å². The largest absolute Gasteiger partial charge is 0.377 e. The molecule has 33 heavy (non-hydrogen) atoms. The van der Waals surface area contributed by atoms with Gasteiger partial charge in [0, 0.05) is 19.5 Å². The summed E-state index contributed by atoms with van der Waals surface area (Å²) in [5.41, 5.74) is 2.49. The Morgan fingerprint density at radius 2 is 1.58 bits per heavy atom. The average Bonchev–Trinajstić information content (AvgIpc) is 2.79. The molecule has 0 bridgehead atoms. The smallest absolute Gasteiger partial charge is 0.245 e. The maximum atomic E-state index is 11.8. The van der Waals surface area contributed by atoms with E-state index in [9.17, 15) is 14.4 Å². The summed E-state index contributed by atoms with van der Waals surface area (Å²) in [6.07, 6.45) is 4.66. The van der Waals surface area contributed by atoms with Crippen LogP contribution in [0, 0.1) is 6.92 Å². The number of benzene rings is 1. The predicted molar refractivity (Wildman–Crippen MR) is 129 cm³/mol. The lowest BCUT2D eigenvalue weighted by Crippen LogP contribution is -2.33. The molecule has 1 aromatic rings. The van der Waals surface area contributed by atoms with Crippen molar-refractivity contribution in [2.75, 3.05) is 46.6 Å². The van der Waals surface area contributed by atoms with Crippen LogP contribution < -0.4 is 16.0 Å². The van der Waals surface area contributed by atoms with Crippen LogP contribution in [0.4, 0.5) is 0 Å². The van der Waals surface area contributed by atoms with Crippen molar-refractivity contribution in [1.29, 1.82) is 0 Å². The predicted octanol–water partition coefficient (Wildman–Crippen LogP) is 1.93. The van der Waals surface area contributed by atoms with E-state index in [0.29, 0.717) is 39.3 Å². The van der Waals surface area contributed by atoms with Gasteiger partial charge in [-0.1, -0.05) is 29.8 Å². The Hall–Kier alpha value is -2.29. The van der Waals surface area contributed by atoms with Gasteiger partial charge in [-0.3, -0.25) is 14.4 Å². The number of ether oxygens (including phenoxy) is 2. The molecule has 2 amide bonds. The molecule has 1 rings (SSSR count). The van der Waals surface area contributed by atoms with Crippen molar-refractivity contribution in [3.8, 4) is 0 Å². The molecular formula is C25H41N3O5. The molecule has 0 aliphatic rings. The second-order valence-corrected chi connectivity index (χ2v) is 8.15.